The lowest BCUT2D eigenvalue weighted by Crippen LogP contribution is -2.15. The standard InChI is InChI=1S/C38H40/c1-9-15-28(16-10-2)37(29-21-19-26(5)20-22-29)32(12-4)31(11-3)27(6)30-23-24-34-33-17-13-14-18-35(33)38(7,8)36(34)25-30/h9-14,17-25H,1-2,6,15-16H2,3-5,7-8H3/b31-11-,32-12+. The highest BCUT2D eigenvalue weighted by molar-refractivity contribution is 5.96. The molecule has 3 aromatic rings. The summed E-state index contributed by atoms with van der Waals surface area (Å²) in [7, 11) is 0. The van der Waals surface area contributed by atoms with Crippen LogP contribution in [0.15, 0.2) is 127 Å². The number of fused-ring (bicyclic) bond motifs is 3. The minimum Gasteiger partial charge on any atom is -0.103 e. The zero-order valence-electron chi connectivity index (χ0n) is 23.7. The van der Waals surface area contributed by atoms with Crippen LogP contribution < -0.4 is 0 Å². The quantitative estimate of drug-likeness (QED) is 0.204. The van der Waals surface area contributed by atoms with Crippen molar-refractivity contribution in [3.8, 4) is 11.1 Å². The van der Waals surface area contributed by atoms with Gasteiger partial charge in [-0.1, -0.05) is 117 Å². The SMILES string of the molecule is C=CCC(CC=C)=C(C(=C/C)/C(=C\C)C(=C)c1ccc2c(c1)C(C)(C)c1ccccc1-2)c1ccc(C)cc1. The Morgan fingerprint density at radius 3 is 1.92 bits per heavy atom. The zero-order valence-corrected chi connectivity index (χ0v) is 23.7. The monoisotopic (exact) mass is 496 g/mol. The van der Waals surface area contributed by atoms with Crippen molar-refractivity contribution in [2.75, 3.05) is 0 Å². The first kappa shape index (κ1) is 27.1. The van der Waals surface area contributed by atoms with E-state index in [2.05, 4.69) is 133 Å². The molecule has 0 aromatic heterocycles. The van der Waals surface area contributed by atoms with E-state index in [0.29, 0.717) is 0 Å². The molecule has 0 aliphatic heterocycles. The maximum absolute atomic E-state index is 4.66. The van der Waals surface area contributed by atoms with E-state index in [0.717, 1.165) is 29.6 Å². The van der Waals surface area contributed by atoms with Gasteiger partial charge in [-0.15, -0.1) is 13.2 Å². The highest BCUT2D eigenvalue weighted by atomic mass is 14.4. The van der Waals surface area contributed by atoms with Gasteiger partial charge < -0.3 is 0 Å². The fourth-order valence-corrected chi connectivity index (χ4v) is 5.88. The van der Waals surface area contributed by atoms with Crippen molar-refractivity contribution in [3.63, 3.8) is 0 Å². The molecule has 0 N–H and O–H groups in total. The lowest BCUT2D eigenvalue weighted by Gasteiger charge is -2.24. The summed E-state index contributed by atoms with van der Waals surface area (Å²) in [6, 6.07) is 24.5. The number of rotatable bonds is 9. The molecular formula is C38H40. The summed E-state index contributed by atoms with van der Waals surface area (Å²) in [6.07, 6.45) is 10.0. The Bertz CT molecular complexity index is 1470. The molecule has 1 aliphatic rings. The minimum atomic E-state index is -0.0458. The van der Waals surface area contributed by atoms with Gasteiger partial charge in [0.05, 0.1) is 0 Å². The molecule has 1 aliphatic carbocycles. The second-order valence-electron chi connectivity index (χ2n) is 10.6. The van der Waals surface area contributed by atoms with E-state index in [1.807, 2.05) is 12.2 Å². The highest BCUT2D eigenvalue weighted by Crippen LogP contribution is 2.49. The summed E-state index contributed by atoms with van der Waals surface area (Å²) in [5.41, 5.74) is 14.9. The Labute approximate surface area is 230 Å². The second-order valence-corrected chi connectivity index (χ2v) is 10.6. The van der Waals surface area contributed by atoms with Gasteiger partial charge >= 0.3 is 0 Å². The largest absolute Gasteiger partial charge is 0.103 e. The molecule has 4 rings (SSSR count). The van der Waals surface area contributed by atoms with Crippen LogP contribution in [0.1, 0.15) is 68.4 Å². The molecule has 0 radical (unpaired) electrons. The molecule has 0 heteroatoms. The van der Waals surface area contributed by atoms with Crippen molar-refractivity contribution in [1.82, 2.24) is 0 Å². The summed E-state index contributed by atoms with van der Waals surface area (Å²) in [4.78, 5) is 0. The summed E-state index contributed by atoms with van der Waals surface area (Å²) in [5, 5.41) is 0. The lowest BCUT2D eigenvalue weighted by atomic mass is 9.79. The fraction of sp³-hybridized carbons (Fsp3) is 0.211. The predicted molar refractivity (Wildman–Crippen MR) is 168 cm³/mol. The fourth-order valence-electron chi connectivity index (χ4n) is 5.88. The lowest BCUT2D eigenvalue weighted by molar-refractivity contribution is 0.660. The van der Waals surface area contributed by atoms with Gasteiger partial charge in [0.2, 0.25) is 0 Å². The maximum Gasteiger partial charge on any atom is 0.0159 e. The van der Waals surface area contributed by atoms with Gasteiger partial charge in [0, 0.05) is 5.41 Å². The normalized spacial score (nSPS) is 13.9. The Hall–Kier alpha value is -3.90. The van der Waals surface area contributed by atoms with Crippen LogP contribution in [0.5, 0.6) is 0 Å². The van der Waals surface area contributed by atoms with E-state index < -0.39 is 0 Å². The van der Waals surface area contributed by atoms with Crippen molar-refractivity contribution in [1.29, 1.82) is 0 Å². The Morgan fingerprint density at radius 1 is 0.737 bits per heavy atom. The third-order valence-electron chi connectivity index (χ3n) is 7.87. The van der Waals surface area contributed by atoms with Gasteiger partial charge in [-0.3, -0.25) is 0 Å². The zero-order chi connectivity index (χ0) is 27.4. The number of hydrogen-bond acceptors (Lipinski definition) is 0. The minimum absolute atomic E-state index is 0.0458. The number of allylic oxidation sites excluding steroid dienone is 9. The van der Waals surface area contributed by atoms with Gasteiger partial charge in [-0.05, 0) is 95.4 Å². The molecule has 0 nitrogen and oxygen atoms in total. The smallest absolute Gasteiger partial charge is 0.0159 e. The topological polar surface area (TPSA) is 0 Å². The van der Waals surface area contributed by atoms with E-state index in [1.165, 1.54) is 50.1 Å². The average molecular weight is 497 g/mol. The molecule has 0 spiro atoms. The van der Waals surface area contributed by atoms with Gasteiger partial charge in [0.15, 0.2) is 0 Å². The van der Waals surface area contributed by atoms with Crippen molar-refractivity contribution in [2.45, 2.75) is 52.9 Å². The van der Waals surface area contributed by atoms with Crippen molar-refractivity contribution < 1.29 is 0 Å². The highest BCUT2D eigenvalue weighted by Gasteiger charge is 2.35. The van der Waals surface area contributed by atoms with Crippen molar-refractivity contribution >= 4 is 11.1 Å². The van der Waals surface area contributed by atoms with Gasteiger partial charge in [-0.25, -0.2) is 0 Å². The summed E-state index contributed by atoms with van der Waals surface area (Å²) in [5.74, 6) is 0. The molecule has 0 atom stereocenters. The Morgan fingerprint density at radius 2 is 1.32 bits per heavy atom. The van der Waals surface area contributed by atoms with Crippen LogP contribution in [0.4, 0.5) is 0 Å². The first-order chi connectivity index (χ1) is 18.3. The third kappa shape index (κ3) is 4.84. The van der Waals surface area contributed by atoms with E-state index in [-0.39, 0.29) is 5.41 Å². The van der Waals surface area contributed by atoms with E-state index in [1.54, 1.807) is 0 Å². The molecule has 0 heterocycles. The first-order valence-corrected chi connectivity index (χ1v) is 13.6. The third-order valence-corrected chi connectivity index (χ3v) is 7.87. The van der Waals surface area contributed by atoms with Gasteiger partial charge in [-0.2, -0.15) is 0 Å². The van der Waals surface area contributed by atoms with E-state index in [9.17, 15) is 0 Å². The summed E-state index contributed by atoms with van der Waals surface area (Å²) in [6.45, 7) is 23.8. The second kappa shape index (κ2) is 11.2. The van der Waals surface area contributed by atoms with Gasteiger partial charge in [0.25, 0.3) is 0 Å². The molecule has 0 fully saturated rings. The van der Waals surface area contributed by atoms with Crippen LogP contribution in [0.25, 0.3) is 22.3 Å². The van der Waals surface area contributed by atoms with E-state index in [4.69, 9.17) is 0 Å². The van der Waals surface area contributed by atoms with Crippen LogP contribution in [0.3, 0.4) is 0 Å². The number of hydrogen-bond donors (Lipinski definition) is 0. The molecule has 0 amide bonds. The van der Waals surface area contributed by atoms with Crippen molar-refractivity contribution in [2.24, 2.45) is 0 Å². The Kier molecular flexibility index (Phi) is 8.02. The van der Waals surface area contributed by atoms with E-state index >= 15 is 0 Å². The molecule has 38 heavy (non-hydrogen) atoms. The molecule has 0 saturated heterocycles. The van der Waals surface area contributed by atoms with Crippen LogP contribution in [-0.4, -0.2) is 0 Å². The van der Waals surface area contributed by atoms with Crippen LogP contribution in [0.2, 0.25) is 0 Å². The number of benzene rings is 3. The molecule has 0 bridgehead atoms. The van der Waals surface area contributed by atoms with Gasteiger partial charge in [0.1, 0.15) is 0 Å². The molecular weight excluding hydrogens is 456 g/mol. The average Bonchev–Trinajstić information content (AvgIpc) is 3.15. The first-order valence-electron chi connectivity index (χ1n) is 13.6. The van der Waals surface area contributed by atoms with Crippen molar-refractivity contribution in [3.05, 3.63) is 155 Å². The Balaban J connectivity index is 1.83. The molecule has 192 valence electrons. The summed E-state index contributed by atoms with van der Waals surface area (Å²) >= 11 is 0. The van der Waals surface area contributed by atoms with Crippen LogP contribution >= 0.6 is 0 Å². The molecule has 3 aromatic carbocycles. The number of aryl methyl sites for hydroxylation is 1. The maximum atomic E-state index is 4.66. The molecule has 0 unspecified atom stereocenters. The molecule has 0 saturated carbocycles. The predicted octanol–water partition coefficient (Wildman–Crippen LogP) is 10.8. The summed E-state index contributed by atoms with van der Waals surface area (Å²) < 4.78 is 0. The van der Waals surface area contributed by atoms with Crippen LogP contribution in [-0.2, 0) is 5.41 Å². The van der Waals surface area contributed by atoms with Crippen LogP contribution in [0, 0.1) is 6.92 Å².